The minimum absolute atomic E-state index is 0.192. The van der Waals surface area contributed by atoms with Gasteiger partial charge in [-0.05, 0) is 35.4 Å². The lowest BCUT2D eigenvalue weighted by Gasteiger charge is -2.18. The van der Waals surface area contributed by atoms with Gasteiger partial charge in [-0.25, -0.2) is 10.4 Å². The number of rotatable bonds is 3. The molecule has 1 aromatic carbocycles. The van der Waals surface area contributed by atoms with Gasteiger partial charge in [0.2, 0.25) is 0 Å². The Morgan fingerprint density at radius 2 is 1.86 bits per heavy atom. The fourth-order valence-corrected chi connectivity index (χ4v) is 2.52. The van der Waals surface area contributed by atoms with Crippen molar-refractivity contribution in [3.63, 3.8) is 0 Å². The van der Waals surface area contributed by atoms with Gasteiger partial charge in [0.15, 0.2) is 11.5 Å². The number of hydrogen-bond donors (Lipinski definition) is 2. The Labute approximate surface area is 128 Å². The summed E-state index contributed by atoms with van der Waals surface area (Å²) in [7, 11) is 0. The van der Waals surface area contributed by atoms with E-state index < -0.39 is 0 Å². The minimum Gasteiger partial charge on any atom is -0.490 e. The smallest absolute Gasteiger partial charge is 0.161 e. The van der Waals surface area contributed by atoms with Gasteiger partial charge in [-0.1, -0.05) is 17.7 Å². The SMILES string of the molecule is NNC(c1ccnc(Cl)c1)c1ccc2c(c1)OCCCO2. The summed E-state index contributed by atoms with van der Waals surface area (Å²) >= 11 is 5.95. The fraction of sp³-hybridized carbons (Fsp3) is 0.267. The van der Waals surface area contributed by atoms with Crippen molar-refractivity contribution >= 4 is 11.6 Å². The van der Waals surface area contributed by atoms with Gasteiger partial charge in [-0.2, -0.15) is 0 Å². The average molecular weight is 306 g/mol. The third kappa shape index (κ3) is 3.10. The summed E-state index contributed by atoms with van der Waals surface area (Å²) in [5, 5.41) is 0.432. The van der Waals surface area contributed by atoms with Crippen LogP contribution >= 0.6 is 11.6 Å². The van der Waals surface area contributed by atoms with Crippen molar-refractivity contribution in [2.45, 2.75) is 12.5 Å². The molecule has 0 amide bonds. The van der Waals surface area contributed by atoms with Crippen LogP contribution < -0.4 is 20.7 Å². The highest BCUT2D eigenvalue weighted by Crippen LogP contribution is 2.34. The number of pyridine rings is 1. The Bertz CT molecular complexity index is 636. The number of fused-ring (bicyclic) bond motifs is 1. The zero-order valence-corrected chi connectivity index (χ0v) is 12.1. The molecule has 21 heavy (non-hydrogen) atoms. The van der Waals surface area contributed by atoms with Crippen molar-refractivity contribution in [3.8, 4) is 11.5 Å². The van der Waals surface area contributed by atoms with E-state index in [-0.39, 0.29) is 6.04 Å². The van der Waals surface area contributed by atoms with Crippen molar-refractivity contribution in [2.24, 2.45) is 5.84 Å². The molecule has 0 aliphatic carbocycles. The van der Waals surface area contributed by atoms with E-state index in [9.17, 15) is 0 Å². The Morgan fingerprint density at radius 3 is 2.62 bits per heavy atom. The molecule has 110 valence electrons. The molecule has 0 saturated heterocycles. The zero-order valence-electron chi connectivity index (χ0n) is 11.4. The summed E-state index contributed by atoms with van der Waals surface area (Å²) in [6, 6.07) is 9.28. The maximum atomic E-state index is 5.95. The monoisotopic (exact) mass is 305 g/mol. The Kier molecular flexibility index (Phi) is 4.24. The van der Waals surface area contributed by atoms with Crippen LogP contribution in [-0.2, 0) is 0 Å². The quantitative estimate of drug-likeness (QED) is 0.518. The number of nitrogens with zero attached hydrogens (tertiary/aromatic N) is 1. The lowest BCUT2D eigenvalue weighted by atomic mass is 10.00. The van der Waals surface area contributed by atoms with Gasteiger partial charge in [0.1, 0.15) is 5.15 Å². The molecular weight excluding hydrogens is 290 g/mol. The number of aromatic nitrogens is 1. The van der Waals surface area contributed by atoms with Gasteiger partial charge in [-0.15, -0.1) is 0 Å². The minimum atomic E-state index is -0.192. The van der Waals surface area contributed by atoms with E-state index in [2.05, 4.69) is 10.4 Å². The van der Waals surface area contributed by atoms with E-state index in [0.717, 1.165) is 29.0 Å². The Balaban J connectivity index is 1.96. The molecule has 1 aromatic heterocycles. The molecule has 6 heteroatoms. The third-order valence-electron chi connectivity index (χ3n) is 3.36. The molecular formula is C15H16ClN3O2. The highest BCUT2D eigenvalue weighted by molar-refractivity contribution is 6.29. The van der Waals surface area contributed by atoms with Gasteiger partial charge in [0.05, 0.1) is 19.3 Å². The highest BCUT2D eigenvalue weighted by Gasteiger charge is 2.17. The van der Waals surface area contributed by atoms with Crippen molar-refractivity contribution in [3.05, 3.63) is 52.8 Å². The van der Waals surface area contributed by atoms with Crippen LogP contribution in [0.5, 0.6) is 11.5 Å². The molecule has 2 aromatic rings. The second-order valence-electron chi connectivity index (χ2n) is 4.77. The van der Waals surface area contributed by atoms with Crippen LogP contribution in [0, 0.1) is 0 Å². The molecule has 0 fully saturated rings. The Hall–Kier alpha value is -1.82. The van der Waals surface area contributed by atoms with Crippen molar-refractivity contribution in [2.75, 3.05) is 13.2 Å². The first kappa shape index (κ1) is 14.1. The molecule has 5 nitrogen and oxygen atoms in total. The highest BCUT2D eigenvalue weighted by atomic mass is 35.5. The largest absolute Gasteiger partial charge is 0.490 e. The second kappa shape index (κ2) is 6.30. The predicted molar refractivity (Wildman–Crippen MR) is 80.5 cm³/mol. The number of benzene rings is 1. The molecule has 1 unspecified atom stereocenters. The number of hydrazine groups is 1. The molecule has 3 rings (SSSR count). The molecule has 2 heterocycles. The zero-order chi connectivity index (χ0) is 14.7. The molecule has 0 radical (unpaired) electrons. The van der Waals surface area contributed by atoms with E-state index in [0.29, 0.717) is 18.4 Å². The van der Waals surface area contributed by atoms with Gasteiger partial charge in [0, 0.05) is 12.6 Å². The van der Waals surface area contributed by atoms with Crippen molar-refractivity contribution < 1.29 is 9.47 Å². The lowest BCUT2D eigenvalue weighted by molar-refractivity contribution is 0.297. The topological polar surface area (TPSA) is 69.4 Å². The number of hydrogen-bond acceptors (Lipinski definition) is 5. The number of ether oxygens (including phenoxy) is 2. The summed E-state index contributed by atoms with van der Waals surface area (Å²) < 4.78 is 11.3. The lowest BCUT2D eigenvalue weighted by Crippen LogP contribution is -2.28. The molecule has 3 N–H and O–H groups in total. The Morgan fingerprint density at radius 1 is 1.10 bits per heavy atom. The molecule has 0 saturated carbocycles. The summed E-state index contributed by atoms with van der Waals surface area (Å²) in [6.07, 6.45) is 2.54. The van der Waals surface area contributed by atoms with Gasteiger partial charge < -0.3 is 9.47 Å². The normalized spacial score (nSPS) is 15.3. The summed E-state index contributed by atoms with van der Waals surface area (Å²) in [6.45, 7) is 1.32. The molecule has 0 spiro atoms. The maximum absolute atomic E-state index is 5.95. The van der Waals surface area contributed by atoms with Crippen LogP contribution in [-0.4, -0.2) is 18.2 Å². The fourth-order valence-electron chi connectivity index (χ4n) is 2.34. The molecule has 1 atom stereocenters. The first-order valence-electron chi connectivity index (χ1n) is 6.75. The number of nitrogens with one attached hydrogen (secondary N) is 1. The van der Waals surface area contributed by atoms with Crippen LogP contribution in [0.15, 0.2) is 36.5 Å². The van der Waals surface area contributed by atoms with Crippen LogP contribution in [0.2, 0.25) is 5.15 Å². The van der Waals surface area contributed by atoms with E-state index in [1.54, 1.807) is 12.3 Å². The first-order chi connectivity index (χ1) is 10.3. The molecule has 1 aliphatic rings. The van der Waals surface area contributed by atoms with Gasteiger partial charge in [-0.3, -0.25) is 5.84 Å². The van der Waals surface area contributed by atoms with E-state index in [1.807, 2.05) is 24.3 Å². The maximum Gasteiger partial charge on any atom is 0.161 e. The summed E-state index contributed by atoms with van der Waals surface area (Å²) in [5.41, 5.74) is 4.71. The third-order valence-corrected chi connectivity index (χ3v) is 3.56. The predicted octanol–water partition coefficient (Wildman–Crippen LogP) is 2.45. The van der Waals surface area contributed by atoms with Crippen LogP contribution in [0.3, 0.4) is 0 Å². The average Bonchev–Trinajstić information content (AvgIpc) is 2.73. The summed E-state index contributed by atoms with van der Waals surface area (Å²) in [5.74, 6) is 7.21. The summed E-state index contributed by atoms with van der Waals surface area (Å²) in [4.78, 5) is 3.98. The van der Waals surface area contributed by atoms with Crippen LogP contribution in [0.25, 0.3) is 0 Å². The van der Waals surface area contributed by atoms with E-state index in [1.165, 1.54) is 0 Å². The van der Waals surface area contributed by atoms with Crippen molar-refractivity contribution in [1.29, 1.82) is 0 Å². The van der Waals surface area contributed by atoms with Gasteiger partial charge >= 0.3 is 0 Å². The van der Waals surface area contributed by atoms with E-state index >= 15 is 0 Å². The molecule has 1 aliphatic heterocycles. The van der Waals surface area contributed by atoms with E-state index in [4.69, 9.17) is 26.9 Å². The first-order valence-corrected chi connectivity index (χ1v) is 7.13. The van der Waals surface area contributed by atoms with Crippen LogP contribution in [0.4, 0.5) is 0 Å². The van der Waals surface area contributed by atoms with Crippen molar-refractivity contribution in [1.82, 2.24) is 10.4 Å². The number of halogens is 1. The number of nitrogens with two attached hydrogens (primary N) is 1. The molecule has 0 bridgehead atoms. The van der Waals surface area contributed by atoms with Gasteiger partial charge in [0.25, 0.3) is 0 Å². The second-order valence-corrected chi connectivity index (χ2v) is 5.16. The van der Waals surface area contributed by atoms with Crippen LogP contribution in [0.1, 0.15) is 23.6 Å². The standard InChI is InChI=1S/C15H16ClN3O2/c16-14-9-11(4-5-18-14)15(19-17)10-2-3-12-13(8-10)21-7-1-6-20-12/h2-5,8-9,15,19H,1,6-7,17H2.